The van der Waals surface area contributed by atoms with Gasteiger partial charge in [0.2, 0.25) is 0 Å². The monoisotopic (exact) mass is 407 g/mol. The van der Waals surface area contributed by atoms with Gasteiger partial charge in [0.05, 0.1) is 0 Å². The van der Waals surface area contributed by atoms with Crippen molar-refractivity contribution in [1.29, 1.82) is 0 Å². The van der Waals surface area contributed by atoms with Crippen LogP contribution in [-0.2, 0) is 6.42 Å². The second kappa shape index (κ2) is 11.1. The predicted octanol–water partition coefficient (Wildman–Crippen LogP) is 5.41. The van der Waals surface area contributed by atoms with Gasteiger partial charge in [0, 0.05) is 17.3 Å². The second-order valence-corrected chi connectivity index (χ2v) is 7.95. The Kier molecular flexibility index (Phi) is 9.53. The van der Waals surface area contributed by atoms with E-state index in [4.69, 9.17) is 5.73 Å². The quantitative estimate of drug-likeness (QED) is 0.652. The molecule has 0 saturated heterocycles. The van der Waals surface area contributed by atoms with Crippen molar-refractivity contribution in [3.8, 4) is 0 Å². The van der Waals surface area contributed by atoms with E-state index in [2.05, 4.69) is 10.3 Å². The van der Waals surface area contributed by atoms with Gasteiger partial charge in [-0.05, 0) is 61.7 Å². The Morgan fingerprint density at radius 2 is 1.69 bits per heavy atom. The largest absolute Gasteiger partial charge is 0.323 e. The van der Waals surface area contributed by atoms with Crippen LogP contribution in [0.5, 0.6) is 0 Å². The fourth-order valence-electron chi connectivity index (χ4n) is 2.68. The molecule has 29 heavy (non-hydrogen) atoms. The van der Waals surface area contributed by atoms with Crippen molar-refractivity contribution in [1.82, 2.24) is 5.32 Å². The maximum atomic E-state index is 13.8. The van der Waals surface area contributed by atoms with Crippen LogP contribution < -0.4 is 11.1 Å². The number of aliphatic imine (C=N–C) groups is 1. The summed E-state index contributed by atoms with van der Waals surface area (Å²) >= 11 is 0. The van der Waals surface area contributed by atoms with Gasteiger partial charge in [-0.15, -0.1) is 0 Å². The summed E-state index contributed by atoms with van der Waals surface area (Å²) in [6.07, 6.45) is 0.247. The molecule has 2 unspecified atom stereocenters. The van der Waals surface area contributed by atoms with Gasteiger partial charge >= 0.3 is 0 Å². The van der Waals surface area contributed by atoms with E-state index in [-0.39, 0.29) is 22.8 Å². The van der Waals surface area contributed by atoms with E-state index < -0.39 is 17.8 Å². The molecule has 2 rings (SSSR count). The molecule has 3 nitrogen and oxygen atoms in total. The van der Waals surface area contributed by atoms with Crippen LogP contribution in [-0.4, -0.2) is 18.8 Å². The Bertz CT molecular complexity index is 813. The molecular weight excluding hydrogens is 375 g/mol. The van der Waals surface area contributed by atoms with Crippen LogP contribution in [0.3, 0.4) is 0 Å². The van der Waals surface area contributed by atoms with E-state index in [1.807, 2.05) is 33.8 Å². The Hall–Kier alpha value is -2.18. The van der Waals surface area contributed by atoms with E-state index in [9.17, 15) is 13.2 Å². The number of benzene rings is 2. The number of nitrogens with zero attached hydrogens (tertiary/aromatic N) is 1. The topological polar surface area (TPSA) is 50.4 Å². The number of nitrogens with one attached hydrogen (secondary N) is 1. The van der Waals surface area contributed by atoms with E-state index in [0.717, 1.165) is 30.2 Å². The predicted molar refractivity (Wildman–Crippen MR) is 114 cm³/mol. The lowest BCUT2D eigenvalue weighted by Gasteiger charge is -2.28. The molecule has 2 aromatic rings. The van der Waals surface area contributed by atoms with Gasteiger partial charge < -0.3 is 5.73 Å². The summed E-state index contributed by atoms with van der Waals surface area (Å²) in [5.74, 6) is -1.13. The van der Waals surface area contributed by atoms with Crippen molar-refractivity contribution in [2.45, 2.75) is 53.2 Å². The number of hydrogen-bond donors (Lipinski definition) is 2. The number of nitrogens with two attached hydrogens (primary N) is 1. The van der Waals surface area contributed by atoms with Gasteiger partial charge in [-0.2, -0.15) is 0 Å². The van der Waals surface area contributed by atoms with Crippen LogP contribution in [0.1, 0.15) is 51.9 Å². The molecule has 2 aromatic carbocycles. The maximum Gasteiger partial charge on any atom is 0.130 e. The summed E-state index contributed by atoms with van der Waals surface area (Å²) in [6, 6.07) is 9.74. The number of rotatable bonds is 5. The molecule has 0 fully saturated rings. The third-order valence-electron chi connectivity index (χ3n) is 4.54. The minimum Gasteiger partial charge on any atom is -0.323 e. The molecule has 0 heterocycles. The van der Waals surface area contributed by atoms with Crippen LogP contribution in [0.2, 0.25) is 0 Å². The number of aryl methyl sites for hydroxylation is 1. The third-order valence-corrected chi connectivity index (χ3v) is 4.54. The molecule has 0 aliphatic carbocycles. The summed E-state index contributed by atoms with van der Waals surface area (Å²) in [5, 5.41) is 2.87. The lowest BCUT2D eigenvalue weighted by atomic mass is 9.85. The zero-order valence-corrected chi connectivity index (χ0v) is 18.1. The lowest BCUT2D eigenvalue weighted by Crippen LogP contribution is -2.41. The molecule has 3 N–H and O–H groups in total. The number of halogens is 3. The summed E-state index contributed by atoms with van der Waals surface area (Å²) in [7, 11) is 1.65. The third kappa shape index (κ3) is 7.99. The van der Waals surface area contributed by atoms with E-state index >= 15 is 0 Å². The minimum atomic E-state index is -0.654. The van der Waals surface area contributed by atoms with E-state index in [1.165, 1.54) is 6.07 Å². The van der Waals surface area contributed by atoms with Crippen molar-refractivity contribution >= 4 is 5.71 Å². The molecule has 0 aliphatic rings. The van der Waals surface area contributed by atoms with Crippen molar-refractivity contribution in [3.63, 3.8) is 0 Å². The minimum absolute atomic E-state index is 0.144. The standard InChI is InChI=1S/C15H23F2N3.C8H9F/c1-9(13(18)15(2,3)4)20-14(19-5)11-8-10(16)6-7-12(11)17;1-2-7-4-3-5-8(9)6-7/h6-8,13-14,19H,18H2,1-5H3;3-6H,2H2,1H3/b20-9+;. The lowest BCUT2D eigenvalue weighted by molar-refractivity contribution is 0.379. The van der Waals surface area contributed by atoms with E-state index in [0.29, 0.717) is 5.71 Å². The molecule has 0 radical (unpaired) electrons. The van der Waals surface area contributed by atoms with Crippen molar-refractivity contribution < 1.29 is 13.2 Å². The number of hydrogen-bond acceptors (Lipinski definition) is 3. The highest BCUT2D eigenvalue weighted by atomic mass is 19.1. The normalized spacial score (nSPS) is 14.1. The first-order chi connectivity index (χ1) is 13.5. The average molecular weight is 408 g/mol. The Morgan fingerprint density at radius 3 is 2.17 bits per heavy atom. The zero-order valence-electron chi connectivity index (χ0n) is 18.1. The molecule has 0 aromatic heterocycles. The SMILES string of the molecule is CCc1cccc(F)c1.CNC(/N=C(\C)C(N)C(C)(C)C)c1cc(F)ccc1F. The Labute approximate surface area is 172 Å². The zero-order chi connectivity index (χ0) is 22.2. The van der Waals surface area contributed by atoms with E-state index in [1.54, 1.807) is 26.1 Å². The molecule has 0 spiro atoms. The molecule has 0 aliphatic heterocycles. The van der Waals surface area contributed by atoms with Crippen LogP contribution in [0.4, 0.5) is 13.2 Å². The Balaban J connectivity index is 0.000000387. The summed E-state index contributed by atoms with van der Waals surface area (Å²) in [4.78, 5) is 4.41. The van der Waals surface area contributed by atoms with Crippen molar-refractivity contribution in [2.75, 3.05) is 7.05 Å². The first-order valence-corrected chi connectivity index (χ1v) is 9.66. The average Bonchev–Trinajstić information content (AvgIpc) is 2.67. The van der Waals surface area contributed by atoms with Crippen LogP contribution >= 0.6 is 0 Å². The highest BCUT2D eigenvalue weighted by molar-refractivity contribution is 5.88. The molecular formula is C23H32F3N3. The van der Waals surface area contributed by atoms with Gasteiger partial charge in [0.25, 0.3) is 0 Å². The first kappa shape index (κ1) is 24.9. The maximum absolute atomic E-state index is 13.8. The Morgan fingerprint density at radius 1 is 1.07 bits per heavy atom. The molecule has 6 heteroatoms. The second-order valence-electron chi connectivity index (χ2n) is 7.95. The van der Waals surface area contributed by atoms with Crippen LogP contribution in [0, 0.1) is 22.9 Å². The van der Waals surface area contributed by atoms with Crippen LogP contribution in [0.25, 0.3) is 0 Å². The van der Waals surface area contributed by atoms with Gasteiger partial charge in [0.1, 0.15) is 23.6 Å². The summed E-state index contributed by atoms with van der Waals surface area (Å²) in [6.45, 7) is 9.84. The highest BCUT2D eigenvalue weighted by Gasteiger charge is 2.24. The van der Waals surface area contributed by atoms with Gasteiger partial charge in [0.15, 0.2) is 0 Å². The molecule has 160 valence electrons. The van der Waals surface area contributed by atoms with Crippen molar-refractivity contribution in [3.05, 3.63) is 71.0 Å². The van der Waals surface area contributed by atoms with Gasteiger partial charge in [-0.25, -0.2) is 13.2 Å². The van der Waals surface area contributed by atoms with Gasteiger partial charge in [-0.3, -0.25) is 10.3 Å². The smallest absolute Gasteiger partial charge is 0.130 e. The van der Waals surface area contributed by atoms with Gasteiger partial charge in [-0.1, -0.05) is 39.8 Å². The summed E-state index contributed by atoms with van der Waals surface area (Å²) < 4.78 is 39.4. The fourth-order valence-corrected chi connectivity index (χ4v) is 2.68. The fraction of sp³-hybridized carbons (Fsp3) is 0.435. The first-order valence-electron chi connectivity index (χ1n) is 9.66. The highest BCUT2D eigenvalue weighted by Crippen LogP contribution is 2.23. The molecule has 0 amide bonds. The molecule has 0 saturated carbocycles. The summed E-state index contributed by atoms with van der Waals surface area (Å²) in [5.41, 5.74) is 7.89. The van der Waals surface area contributed by atoms with Crippen LogP contribution in [0.15, 0.2) is 47.5 Å². The van der Waals surface area contributed by atoms with Crippen molar-refractivity contribution in [2.24, 2.45) is 16.1 Å². The molecule has 0 bridgehead atoms. The molecule has 2 atom stereocenters.